The molecule has 8 heteroatoms. The lowest BCUT2D eigenvalue weighted by atomic mass is 10.1. The summed E-state index contributed by atoms with van der Waals surface area (Å²) in [6.45, 7) is 2.59. The summed E-state index contributed by atoms with van der Waals surface area (Å²) in [7, 11) is 0. The molecule has 0 spiro atoms. The lowest BCUT2D eigenvalue weighted by Crippen LogP contribution is -2.45. The van der Waals surface area contributed by atoms with Crippen molar-refractivity contribution < 1.29 is 24.3 Å². The minimum Gasteiger partial charge on any atom is -0.480 e. The second-order valence-corrected chi connectivity index (χ2v) is 6.69. The van der Waals surface area contributed by atoms with Crippen LogP contribution in [0.3, 0.4) is 0 Å². The van der Waals surface area contributed by atoms with Gasteiger partial charge in [0.05, 0.1) is 4.91 Å². The van der Waals surface area contributed by atoms with Gasteiger partial charge in [0.1, 0.15) is 12.6 Å². The maximum absolute atomic E-state index is 12.4. The molecule has 0 aromatic heterocycles. The number of nitrogens with one attached hydrogen (secondary N) is 1. The Labute approximate surface area is 154 Å². The number of nitrogens with zero attached hydrogens (tertiary/aromatic N) is 1. The summed E-state index contributed by atoms with van der Waals surface area (Å²) in [6.07, 6.45) is 3.46. The first kappa shape index (κ1) is 19.5. The predicted molar refractivity (Wildman–Crippen MR) is 98.1 cm³/mol. The Bertz CT molecular complexity index is 801. The number of carboxylic acid groups (broad SMARTS) is 1. The molecule has 136 valence electrons. The monoisotopic (exact) mass is 374 g/mol. The van der Waals surface area contributed by atoms with Crippen molar-refractivity contribution in [3.05, 3.63) is 52.4 Å². The summed E-state index contributed by atoms with van der Waals surface area (Å²) >= 11 is 0.749. The summed E-state index contributed by atoms with van der Waals surface area (Å²) in [6, 6.07) is 8.41. The quantitative estimate of drug-likeness (QED) is 0.740. The lowest BCUT2D eigenvalue weighted by Gasteiger charge is -2.14. The van der Waals surface area contributed by atoms with Crippen molar-refractivity contribution in [2.24, 2.45) is 0 Å². The number of benzene rings is 1. The molecule has 0 aliphatic carbocycles. The molecule has 0 bridgehead atoms. The van der Waals surface area contributed by atoms with Crippen LogP contribution < -0.4 is 5.32 Å². The van der Waals surface area contributed by atoms with E-state index in [0.29, 0.717) is 0 Å². The third-order valence-electron chi connectivity index (χ3n) is 3.48. The smallest absolute Gasteiger partial charge is 0.325 e. The Hall–Kier alpha value is -2.87. The van der Waals surface area contributed by atoms with Gasteiger partial charge in [0.15, 0.2) is 0 Å². The number of rotatable bonds is 6. The van der Waals surface area contributed by atoms with E-state index in [2.05, 4.69) is 5.32 Å². The Morgan fingerprint density at radius 1 is 1.27 bits per heavy atom. The van der Waals surface area contributed by atoms with Crippen molar-refractivity contribution in [1.82, 2.24) is 10.2 Å². The van der Waals surface area contributed by atoms with Crippen LogP contribution in [0.5, 0.6) is 0 Å². The Kier molecular flexibility index (Phi) is 6.35. The van der Waals surface area contributed by atoms with Gasteiger partial charge in [0.2, 0.25) is 5.91 Å². The van der Waals surface area contributed by atoms with Gasteiger partial charge in [-0.25, -0.2) is 0 Å². The number of carbonyl (C=O) groups is 4. The average Bonchev–Trinajstić information content (AvgIpc) is 2.83. The summed E-state index contributed by atoms with van der Waals surface area (Å²) in [4.78, 5) is 47.9. The number of amides is 3. The molecule has 0 saturated carbocycles. The number of allylic oxidation sites excluding steroid dienone is 2. The Morgan fingerprint density at radius 3 is 2.54 bits per heavy atom. The summed E-state index contributed by atoms with van der Waals surface area (Å²) in [5, 5.41) is 10.4. The number of carboxylic acids is 1. The SMILES string of the molecule is CC(/C=C1\SC(=O)N(CC(=O)NC(C)C(=O)O)C1=O)=C\c1ccccc1. The molecule has 1 fully saturated rings. The topological polar surface area (TPSA) is 104 Å². The van der Waals surface area contributed by atoms with Gasteiger partial charge in [-0.1, -0.05) is 36.4 Å². The van der Waals surface area contributed by atoms with Gasteiger partial charge in [-0.15, -0.1) is 0 Å². The van der Waals surface area contributed by atoms with Crippen LogP contribution in [-0.4, -0.2) is 45.6 Å². The normalized spacial score (nSPS) is 17.5. The van der Waals surface area contributed by atoms with Crippen LogP contribution in [0, 0.1) is 0 Å². The molecule has 26 heavy (non-hydrogen) atoms. The standard InChI is InChI=1S/C18H18N2O5S/c1-11(8-13-6-4-3-5-7-13)9-14-16(22)20(18(25)26-14)10-15(21)19-12(2)17(23)24/h3-9,12H,10H2,1-2H3,(H,19,21)(H,23,24)/b11-8+,14-9-. The zero-order valence-electron chi connectivity index (χ0n) is 14.3. The third-order valence-corrected chi connectivity index (χ3v) is 4.38. The molecule has 1 unspecified atom stereocenters. The molecule has 1 aromatic rings. The van der Waals surface area contributed by atoms with Gasteiger partial charge in [-0.3, -0.25) is 24.1 Å². The highest BCUT2D eigenvalue weighted by molar-refractivity contribution is 8.18. The minimum atomic E-state index is -1.20. The number of carbonyl (C=O) groups excluding carboxylic acids is 3. The molecule has 1 saturated heterocycles. The third kappa shape index (κ3) is 5.06. The largest absolute Gasteiger partial charge is 0.480 e. The summed E-state index contributed by atoms with van der Waals surface area (Å²) in [5.74, 6) is -2.48. The molecular formula is C18H18N2O5S. The molecule has 2 rings (SSSR count). The highest BCUT2D eigenvalue weighted by Crippen LogP contribution is 2.31. The highest BCUT2D eigenvalue weighted by Gasteiger charge is 2.36. The van der Waals surface area contributed by atoms with Crippen molar-refractivity contribution >= 4 is 40.9 Å². The predicted octanol–water partition coefficient (Wildman–Crippen LogP) is 2.26. The molecule has 1 aromatic carbocycles. The Morgan fingerprint density at radius 2 is 1.92 bits per heavy atom. The maximum atomic E-state index is 12.4. The van der Waals surface area contributed by atoms with Gasteiger partial charge in [-0.05, 0) is 42.8 Å². The first-order chi connectivity index (χ1) is 12.3. The molecule has 1 heterocycles. The van der Waals surface area contributed by atoms with Crippen molar-refractivity contribution in [2.75, 3.05) is 6.54 Å². The van der Waals surface area contributed by atoms with Crippen LogP contribution >= 0.6 is 11.8 Å². The number of hydrogen-bond acceptors (Lipinski definition) is 5. The van der Waals surface area contributed by atoms with E-state index < -0.39 is 35.6 Å². The molecule has 1 aliphatic rings. The number of hydrogen-bond donors (Lipinski definition) is 2. The zero-order chi connectivity index (χ0) is 19.3. The second kappa shape index (κ2) is 8.48. The van der Waals surface area contributed by atoms with Gasteiger partial charge in [0.25, 0.3) is 11.1 Å². The highest BCUT2D eigenvalue weighted by atomic mass is 32.2. The summed E-state index contributed by atoms with van der Waals surface area (Å²) < 4.78 is 0. The van der Waals surface area contributed by atoms with Gasteiger partial charge < -0.3 is 10.4 Å². The average molecular weight is 374 g/mol. The Balaban J connectivity index is 2.07. The maximum Gasteiger partial charge on any atom is 0.325 e. The van der Waals surface area contributed by atoms with E-state index in [-0.39, 0.29) is 4.91 Å². The fourth-order valence-electron chi connectivity index (χ4n) is 2.19. The van der Waals surface area contributed by atoms with Crippen LogP contribution in [0.2, 0.25) is 0 Å². The fraction of sp³-hybridized carbons (Fsp3) is 0.222. The van der Waals surface area contributed by atoms with E-state index in [4.69, 9.17) is 5.11 Å². The molecule has 2 N–H and O–H groups in total. The van der Waals surface area contributed by atoms with Crippen molar-refractivity contribution in [3.63, 3.8) is 0 Å². The van der Waals surface area contributed by atoms with Crippen LogP contribution in [0.15, 0.2) is 46.9 Å². The van der Waals surface area contributed by atoms with Crippen molar-refractivity contribution in [3.8, 4) is 0 Å². The van der Waals surface area contributed by atoms with Crippen molar-refractivity contribution in [1.29, 1.82) is 0 Å². The first-order valence-electron chi connectivity index (χ1n) is 7.79. The molecule has 1 atom stereocenters. The van der Waals surface area contributed by atoms with Crippen LogP contribution in [0.25, 0.3) is 6.08 Å². The molecule has 1 aliphatic heterocycles. The van der Waals surface area contributed by atoms with E-state index in [0.717, 1.165) is 27.8 Å². The second-order valence-electron chi connectivity index (χ2n) is 5.69. The van der Waals surface area contributed by atoms with Crippen LogP contribution in [0.1, 0.15) is 19.4 Å². The number of imide groups is 1. The van der Waals surface area contributed by atoms with E-state index >= 15 is 0 Å². The summed E-state index contributed by atoms with van der Waals surface area (Å²) in [5.41, 5.74) is 1.74. The molecule has 7 nitrogen and oxygen atoms in total. The zero-order valence-corrected chi connectivity index (χ0v) is 15.1. The minimum absolute atomic E-state index is 0.221. The molecular weight excluding hydrogens is 356 g/mol. The van der Waals surface area contributed by atoms with Crippen molar-refractivity contribution in [2.45, 2.75) is 19.9 Å². The van der Waals surface area contributed by atoms with Gasteiger partial charge in [-0.2, -0.15) is 0 Å². The van der Waals surface area contributed by atoms with E-state index in [1.807, 2.05) is 43.3 Å². The van der Waals surface area contributed by atoms with Crippen LogP contribution in [0.4, 0.5) is 4.79 Å². The molecule has 3 amide bonds. The fourth-order valence-corrected chi connectivity index (χ4v) is 3.08. The first-order valence-corrected chi connectivity index (χ1v) is 8.60. The molecule has 0 radical (unpaired) electrons. The van der Waals surface area contributed by atoms with Crippen LogP contribution in [-0.2, 0) is 14.4 Å². The van der Waals surface area contributed by atoms with E-state index in [1.54, 1.807) is 6.08 Å². The van der Waals surface area contributed by atoms with Gasteiger partial charge in [0, 0.05) is 0 Å². The number of aliphatic carboxylic acids is 1. The lowest BCUT2D eigenvalue weighted by molar-refractivity contribution is -0.141. The van der Waals surface area contributed by atoms with Gasteiger partial charge >= 0.3 is 5.97 Å². The van der Waals surface area contributed by atoms with E-state index in [1.165, 1.54) is 6.92 Å². The van der Waals surface area contributed by atoms with E-state index in [9.17, 15) is 19.2 Å². The number of thioether (sulfide) groups is 1.